The van der Waals surface area contributed by atoms with Gasteiger partial charge in [0.25, 0.3) is 5.91 Å². The molecule has 0 aliphatic rings. The molecule has 134 valence electrons. The summed E-state index contributed by atoms with van der Waals surface area (Å²) >= 11 is 1.41. The first-order chi connectivity index (χ1) is 11.9. The second-order valence-electron chi connectivity index (χ2n) is 6.05. The highest BCUT2D eigenvalue weighted by Crippen LogP contribution is 2.32. The summed E-state index contributed by atoms with van der Waals surface area (Å²) in [5.41, 5.74) is 2.52. The normalized spacial score (nSPS) is 11.8. The van der Waals surface area contributed by atoms with Gasteiger partial charge in [0, 0.05) is 10.4 Å². The highest BCUT2D eigenvalue weighted by molar-refractivity contribution is 7.16. The lowest BCUT2D eigenvalue weighted by Gasteiger charge is -2.14. The van der Waals surface area contributed by atoms with Gasteiger partial charge in [-0.1, -0.05) is 30.3 Å². The van der Waals surface area contributed by atoms with E-state index in [0.29, 0.717) is 23.7 Å². The standard InChI is InChI=1S/C19H24N2O3S/c1-5-24-19(23)17-13(2)14(3)25-18(17)20-16(22)12-21(4)11-15-9-7-6-8-10-15/h6-10H,5,11-12H2,1-4H3,(H,20,22)/p+1. The number of thiophene rings is 1. The summed E-state index contributed by atoms with van der Waals surface area (Å²) in [4.78, 5) is 26.6. The molecule has 2 rings (SSSR count). The van der Waals surface area contributed by atoms with E-state index in [4.69, 9.17) is 4.74 Å². The lowest BCUT2D eigenvalue weighted by Crippen LogP contribution is -3.08. The van der Waals surface area contributed by atoms with Crippen LogP contribution in [0.25, 0.3) is 0 Å². The zero-order valence-electron chi connectivity index (χ0n) is 15.1. The summed E-state index contributed by atoms with van der Waals surface area (Å²) in [7, 11) is 1.98. The Morgan fingerprint density at radius 1 is 1.20 bits per heavy atom. The van der Waals surface area contributed by atoms with Crippen molar-refractivity contribution in [2.24, 2.45) is 0 Å². The van der Waals surface area contributed by atoms with Crippen molar-refractivity contribution >= 4 is 28.2 Å². The van der Waals surface area contributed by atoms with Crippen molar-refractivity contribution in [1.82, 2.24) is 0 Å². The molecule has 6 heteroatoms. The van der Waals surface area contributed by atoms with Crippen LogP contribution in [0.3, 0.4) is 0 Å². The lowest BCUT2D eigenvalue weighted by atomic mass is 10.1. The first-order valence-corrected chi connectivity index (χ1v) is 9.16. The molecular weight excluding hydrogens is 336 g/mol. The van der Waals surface area contributed by atoms with E-state index >= 15 is 0 Å². The quantitative estimate of drug-likeness (QED) is 0.743. The minimum absolute atomic E-state index is 0.111. The largest absolute Gasteiger partial charge is 0.462 e. The number of anilines is 1. The van der Waals surface area contributed by atoms with Gasteiger partial charge in [0.15, 0.2) is 6.54 Å². The highest BCUT2D eigenvalue weighted by Gasteiger charge is 2.22. The second-order valence-corrected chi connectivity index (χ2v) is 7.28. The minimum Gasteiger partial charge on any atom is -0.462 e. The lowest BCUT2D eigenvalue weighted by molar-refractivity contribution is -0.885. The van der Waals surface area contributed by atoms with Crippen molar-refractivity contribution < 1.29 is 19.2 Å². The van der Waals surface area contributed by atoms with Crippen molar-refractivity contribution in [3.8, 4) is 0 Å². The summed E-state index contributed by atoms with van der Waals surface area (Å²) in [6.45, 7) is 6.98. The maximum atomic E-state index is 12.4. The van der Waals surface area contributed by atoms with Crippen LogP contribution in [0.4, 0.5) is 5.00 Å². The zero-order chi connectivity index (χ0) is 18.4. The molecule has 2 N–H and O–H groups in total. The molecule has 0 fully saturated rings. The fourth-order valence-electron chi connectivity index (χ4n) is 2.62. The monoisotopic (exact) mass is 361 g/mol. The van der Waals surface area contributed by atoms with E-state index < -0.39 is 0 Å². The van der Waals surface area contributed by atoms with Crippen molar-refractivity contribution in [1.29, 1.82) is 0 Å². The molecule has 1 atom stereocenters. The molecule has 1 aromatic heterocycles. The van der Waals surface area contributed by atoms with Crippen molar-refractivity contribution in [2.75, 3.05) is 25.5 Å². The molecular formula is C19H25N2O3S+. The second kappa shape index (κ2) is 8.78. The van der Waals surface area contributed by atoms with Crippen LogP contribution in [0.5, 0.6) is 0 Å². The summed E-state index contributed by atoms with van der Waals surface area (Å²) in [5.74, 6) is -0.495. The fourth-order valence-corrected chi connectivity index (χ4v) is 3.68. The van der Waals surface area contributed by atoms with Gasteiger partial charge in [-0.25, -0.2) is 4.79 Å². The van der Waals surface area contributed by atoms with Gasteiger partial charge in [-0.3, -0.25) is 4.79 Å². The molecule has 0 aliphatic heterocycles. The Kier molecular flexibility index (Phi) is 6.73. The Hall–Kier alpha value is -2.18. The molecule has 0 saturated heterocycles. The van der Waals surface area contributed by atoms with E-state index in [-0.39, 0.29) is 11.9 Å². The average Bonchev–Trinajstić information content (AvgIpc) is 2.82. The number of nitrogens with one attached hydrogen (secondary N) is 2. The van der Waals surface area contributed by atoms with E-state index in [1.807, 2.05) is 51.2 Å². The number of rotatable bonds is 7. The average molecular weight is 361 g/mol. The summed E-state index contributed by atoms with van der Waals surface area (Å²) in [5, 5.41) is 3.46. The van der Waals surface area contributed by atoms with Gasteiger partial charge < -0.3 is 15.0 Å². The van der Waals surface area contributed by atoms with E-state index in [9.17, 15) is 9.59 Å². The zero-order valence-corrected chi connectivity index (χ0v) is 16.0. The predicted molar refractivity (Wildman–Crippen MR) is 100 cm³/mol. The summed E-state index contributed by atoms with van der Waals surface area (Å²) in [6.07, 6.45) is 0. The molecule has 1 amide bonds. The SMILES string of the molecule is CCOC(=O)c1c(NC(=O)C[NH+](C)Cc2ccccc2)sc(C)c1C. The molecule has 0 saturated carbocycles. The highest BCUT2D eigenvalue weighted by atomic mass is 32.1. The van der Waals surface area contributed by atoms with Gasteiger partial charge in [0.2, 0.25) is 0 Å². The molecule has 0 aliphatic carbocycles. The van der Waals surface area contributed by atoms with Gasteiger partial charge in [-0.15, -0.1) is 11.3 Å². The number of hydrogen-bond acceptors (Lipinski definition) is 4. The van der Waals surface area contributed by atoms with Crippen LogP contribution < -0.4 is 10.2 Å². The first-order valence-electron chi connectivity index (χ1n) is 8.34. The topological polar surface area (TPSA) is 59.8 Å². The van der Waals surface area contributed by atoms with Crippen LogP contribution in [0.2, 0.25) is 0 Å². The number of hydrogen-bond donors (Lipinski definition) is 2. The molecule has 5 nitrogen and oxygen atoms in total. The predicted octanol–water partition coefficient (Wildman–Crippen LogP) is 2.20. The van der Waals surface area contributed by atoms with Crippen LogP contribution in [0.1, 0.15) is 33.3 Å². The fraction of sp³-hybridized carbons (Fsp3) is 0.368. The third-order valence-corrected chi connectivity index (χ3v) is 5.05. The van der Waals surface area contributed by atoms with Crippen molar-refractivity contribution in [2.45, 2.75) is 27.3 Å². The third-order valence-electron chi connectivity index (χ3n) is 3.93. The molecule has 0 radical (unpaired) electrons. The minimum atomic E-state index is -0.385. The summed E-state index contributed by atoms with van der Waals surface area (Å²) in [6, 6.07) is 10.1. The molecule has 1 heterocycles. The van der Waals surface area contributed by atoms with Crippen LogP contribution >= 0.6 is 11.3 Å². The van der Waals surface area contributed by atoms with Gasteiger partial charge in [-0.2, -0.15) is 0 Å². The van der Waals surface area contributed by atoms with Crippen LogP contribution in [-0.4, -0.2) is 32.1 Å². The van der Waals surface area contributed by atoms with E-state index in [1.54, 1.807) is 6.92 Å². The molecule has 25 heavy (non-hydrogen) atoms. The number of carbonyl (C=O) groups is 2. The van der Waals surface area contributed by atoms with Gasteiger partial charge in [-0.05, 0) is 26.3 Å². The first kappa shape index (κ1) is 19.1. The number of aryl methyl sites for hydroxylation is 1. The van der Waals surface area contributed by atoms with E-state index in [2.05, 4.69) is 5.32 Å². The van der Waals surface area contributed by atoms with E-state index in [1.165, 1.54) is 16.9 Å². The van der Waals surface area contributed by atoms with Gasteiger partial charge >= 0.3 is 5.97 Å². The molecule has 1 aromatic carbocycles. The van der Waals surface area contributed by atoms with Gasteiger partial charge in [0.1, 0.15) is 11.5 Å². The smallest absolute Gasteiger partial charge is 0.341 e. The number of amides is 1. The third kappa shape index (κ3) is 5.14. The van der Waals surface area contributed by atoms with Crippen molar-refractivity contribution in [3.05, 3.63) is 51.9 Å². The van der Waals surface area contributed by atoms with Crippen molar-refractivity contribution in [3.63, 3.8) is 0 Å². The number of ether oxygens (including phenoxy) is 1. The maximum absolute atomic E-state index is 12.4. The Balaban J connectivity index is 2.03. The Labute approximate surface area is 152 Å². The maximum Gasteiger partial charge on any atom is 0.341 e. The molecule has 1 unspecified atom stereocenters. The summed E-state index contributed by atoms with van der Waals surface area (Å²) < 4.78 is 5.12. The number of carbonyl (C=O) groups excluding carboxylic acids is 2. The molecule has 0 spiro atoms. The van der Waals surface area contributed by atoms with Crippen LogP contribution in [0.15, 0.2) is 30.3 Å². The van der Waals surface area contributed by atoms with Crippen LogP contribution in [-0.2, 0) is 16.1 Å². The number of likely N-dealkylation sites (N-methyl/N-ethyl adjacent to an activating group) is 1. The number of quaternary nitrogens is 1. The van der Waals surface area contributed by atoms with E-state index in [0.717, 1.165) is 21.9 Å². The molecule has 2 aromatic rings. The Bertz CT molecular complexity index is 741. The number of esters is 1. The Morgan fingerprint density at radius 3 is 2.52 bits per heavy atom. The Morgan fingerprint density at radius 2 is 1.88 bits per heavy atom. The molecule has 0 bridgehead atoms. The van der Waals surface area contributed by atoms with Crippen LogP contribution in [0, 0.1) is 13.8 Å². The number of benzene rings is 1. The van der Waals surface area contributed by atoms with Gasteiger partial charge in [0.05, 0.1) is 19.2 Å².